The van der Waals surface area contributed by atoms with E-state index in [1.165, 1.54) is 14.2 Å². The van der Waals surface area contributed by atoms with Gasteiger partial charge in [0.15, 0.2) is 0 Å². The normalized spacial score (nSPS) is 9.87. The highest BCUT2D eigenvalue weighted by atomic mass is 35.5. The Morgan fingerprint density at radius 3 is 2.73 bits per heavy atom. The number of esters is 1. The van der Waals surface area contributed by atoms with Crippen molar-refractivity contribution >= 4 is 17.6 Å². The number of nitrogens with zero attached hydrogens (tertiary/aromatic N) is 1. The molecule has 0 N–H and O–H groups in total. The van der Waals surface area contributed by atoms with Gasteiger partial charge in [0.1, 0.15) is 10.8 Å². The fourth-order valence-corrected chi connectivity index (χ4v) is 1.52. The average Bonchev–Trinajstić information content (AvgIpc) is 2.23. The van der Waals surface area contributed by atoms with E-state index in [4.69, 9.17) is 16.3 Å². The van der Waals surface area contributed by atoms with E-state index in [0.717, 1.165) is 5.56 Å². The molecule has 0 aliphatic rings. The topological polar surface area (TPSA) is 48.4 Å². The maximum absolute atomic E-state index is 11.1. The van der Waals surface area contributed by atoms with Crippen LogP contribution in [0.1, 0.15) is 11.3 Å². The molecule has 0 aliphatic carbocycles. The van der Waals surface area contributed by atoms with Crippen molar-refractivity contribution in [3.05, 3.63) is 22.5 Å². The summed E-state index contributed by atoms with van der Waals surface area (Å²) in [7, 11) is 2.85. The van der Waals surface area contributed by atoms with Gasteiger partial charge >= 0.3 is 5.97 Å². The molecule has 0 unspecified atom stereocenters. The van der Waals surface area contributed by atoms with Crippen molar-refractivity contribution in [3.63, 3.8) is 0 Å². The lowest BCUT2D eigenvalue weighted by atomic mass is 10.2. The van der Waals surface area contributed by atoms with Crippen LogP contribution in [0.4, 0.5) is 0 Å². The molecule has 5 heteroatoms. The Kier molecular flexibility index (Phi) is 3.91. The third-order valence-electron chi connectivity index (χ3n) is 1.97. The minimum absolute atomic E-state index is 0.0476. The van der Waals surface area contributed by atoms with Crippen LogP contribution in [0.3, 0.4) is 0 Å². The summed E-state index contributed by atoms with van der Waals surface area (Å²) in [6.45, 7) is 1.83. The van der Waals surface area contributed by atoms with Gasteiger partial charge in [-0.15, -0.1) is 0 Å². The van der Waals surface area contributed by atoms with Crippen LogP contribution in [-0.2, 0) is 16.0 Å². The number of halogens is 1. The molecular weight excluding hydrogens is 218 g/mol. The van der Waals surface area contributed by atoms with E-state index < -0.39 is 0 Å². The average molecular weight is 230 g/mol. The van der Waals surface area contributed by atoms with Gasteiger partial charge in [-0.1, -0.05) is 11.6 Å². The zero-order chi connectivity index (χ0) is 11.4. The van der Waals surface area contributed by atoms with Crippen LogP contribution in [0, 0.1) is 6.92 Å². The van der Waals surface area contributed by atoms with Crippen molar-refractivity contribution in [2.45, 2.75) is 13.3 Å². The van der Waals surface area contributed by atoms with E-state index in [1.807, 2.05) is 6.92 Å². The smallest absolute Gasteiger partial charge is 0.311 e. The quantitative estimate of drug-likeness (QED) is 0.742. The van der Waals surface area contributed by atoms with Gasteiger partial charge in [-0.25, -0.2) is 0 Å². The summed E-state index contributed by atoms with van der Waals surface area (Å²) in [5.41, 5.74) is 1.29. The van der Waals surface area contributed by atoms with Crippen LogP contribution in [-0.4, -0.2) is 25.2 Å². The number of methoxy groups -OCH3 is 2. The summed E-state index contributed by atoms with van der Waals surface area (Å²) in [4.78, 5) is 15.1. The molecule has 15 heavy (non-hydrogen) atoms. The van der Waals surface area contributed by atoms with Crippen molar-refractivity contribution in [3.8, 4) is 5.75 Å². The summed E-state index contributed by atoms with van der Waals surface area (Å²) in [6, 6.07) is 0. The number of aryl methyl sites for hydroxylation is 1. The highest BCUT2D eigenvalue weighted by Gasteiger charge is 2.14. The molecule has 1 heterocycles. The molecule has 0 amide bonds. The molecule has 1 aromatic rings. The first-order chi connectivity index (χ1) is 7.10. The van der Waals surface area contributed by atoms with Gasteiger partial charge in [0, 0.05) is 11.8 Å². The Balaban J connectivity index is 3.05. The van der Waals surface area contributed by atoms with Gasteiger partial charge in [0.2, 0.25) is 0 Å². The number of aromatic nitrogens is 1. The molecule has 0 aliphatic heterocycles. The van der Waals surface area contributed by atoms with Crippen LogP contribution >= 0.6 is 11.6 Å². The molecule has 0 saturated carbocycles. The molecule has 82 valence electrons. The lowest BCUT2D eigenvalue weighted by Gasteiger charge is -2.09. The van der Waals surface area contributed by atoms with Gasteiger partial charge in [-0.2, -0.15) is 0 Å². The number of ether oxygens (including phenoxy) is 2. The molecule has 0 saturated heterocycles. The van der Waals surface area contributed by atoms with E-state index in [2.05, 4.69) is 9.72 Å². The van der Waals surface area contributed by atoms with Gasteiger partial charge in [0.05, 0.1) is 26.3 Å². The molecule has 0 aromatic carbocycles. The number of hydrogen-bond donors (Lipinski definition) is 0. The number of hydrogen-bond acceptors (Lipinski definition) is 4. The van der Waals surface area contributed by atoms with Gasteiger partial charge < -0.3 is 9.47 Å². The molecule has 1 aromatic heterocycles. The molecule has 4 nitrogen and oxygen atoms in total. The summed E-state index contributed by atoms with van der Waals surface area (Å²) in [6.07, 6.45) is 1.66. The minimum Gasteiger partial charge on any atom is -0.495 e. The monoisotopic (exact) mass is 229 g/mol. The van der Waals surface area contributed by atoms with E-state index >= 15 is 0 Å². The van der Waals surface area contributed by atoms with Crippen molar-refractivity contribution < 1.29 is 14.3 Å². The third-order valence-corrected chi connectivity index (χ3v) is 2.36. The van der Waals surface area contributed by atoms with Gasteiger partial charge in [-0.3, -0.25) is 9.78 Å². The molecule has 0 atom stereocenters. The third kappa shape index (κ3) is 2.59. The number of rotatable bonds is 3. The summed E-state index contributed by atoms with van der Waals surface area (Å²) < 4.78 is 9.64. The second-order valence-electron chi connectivity index (χ2n) is 2.99. The number of carbonyl (C=O) groups excluding carboxylic acids is 1. The Hall–Kier alpha value is -1.29. The van der Waals surface area contributed by atoms with Gasteiger partial charge in [-0.05, 0) is 6.92 Å². The predicted octanol–water partition coefficient (Wildman–Crippen LogP) is 1.77. The SMILES string of the molecule is COC(=O)Cc1ncc(C)c(OC)c1Cl. The van der Waals surface area contributed by atoms with Crippen molar-refractivity contribution in [2.75, 3.05) is 14.2 Å². The molecular formula is C10H12ClNO3. The van der Waals surface area contributed by atoms with Crippen molar-refractivity contribution in [1.82, 2.24) is 4.98 Å². The summed E-state index contributed by atoms with van der Waals surface area (Å²) >= 11 is 6.02. The molecule has 0 bridgehead atoms. The lowest BCUT2D eigenvalue weighted by molar-refractivity contribution is -0.139. The first kappa shape index (κ1) is 11.8. The lowest BCUT2D eigenvalue weighted by Crippen LogP contribution is -2.07. The molecule has 1 rings (SSSR count). The molecule has 0 spiro atoms. The fourth-order valence-electron chi connectivity index (χ4n) is 1.18. The van der Waals surface area contributed by atoms with Crippen molar-refractivity contribution in [1.29, 1.82) is 0 Å². The first-order valence-corrected chi connectivity index (χ1v) is 4.72. The number of pyridine rings is 1. The zero-order valence-corrected chi connectivity index (χ0v) is 9.59. The predicted molar refractivity (Wildman–Crippen MR) is 56.3 cm³/mol. The highest BCUT2D eigenvalue weighted by molar-refractivity contribution is 6.32. The molecule has 0 fully saturated rings. The van der Waals surface area contributed by atoms with Crippen LogP contribution < -0.4 is 4.74 Å². The van der Waals surface area contributed by atoms with Gasteiger partial charge in [0.25, 0.3) is 0 Å². The van der Waals surface area contributed by atoms with Crippen molar-refractivity contribution in [2.24, 2.45) is 0 Å². The second-order valence-corrected chi connectivity index (χ2v) is 3.37. The Bertz CT molecular complexity index is 379. The van der Waals surface area contributed by atoms with E-state index in [1.54, 1.807) is 6.20 Å². The number of carbonyl (C=O) groups is 1. The highest BCUT2D eigenvalue weighted by Crippen LogP contribution is 2.30. The molecule has 0 radical (unpaired) electrons. The van der Waals surface area contributed by atoms with Crippen LogP contribution in [0.15, 0.2) is 6.20 Å². The van der Waals surface area contributed by atoms with E-state index in [9.17, 15) is 4.79 Å². The standard InChI is InChI=1S/C10H12ClNO3/c1-6-5-12-7(4-8(13)14-2)9(11)10(6)15-3/h5H,4H2,1-3H3. The van der Waals surface area contributed by atoms with Crippen LogP contribution in [0.5, 0.6) is 5.75 Å². The Labute approximate surface area is 93.2 Å². The summed E-state index contributed by atoms with van der Waals surface area (Å²) in [5.74, 6) is 0.167. The van der Waals surface area contributed by atoms with E-state index in [0.29, 0.717) is 16.5 Å². The van der Waals surface area contributed by atoms with Crippen LogP contribution in [0.2, 0.25) is 5.02 Å². The maximum atomic E-state index is 11.1. The van der Waals surface area contributed by atoms with Crippen LogP contribution in [0.25, 0.3) is 0 Å². The first-order valence-electron chi connectivity index (χ1n) is 4.35. The maximum Gasteiger partial charge on any atom is 0.311 e. The second kappa shape index (κ2) is 4.98. The minimum atomic E-state index is -0.379. The summed E-state index contributed by atoms with van der Waals surface area (Å²) in [5, 5.41) is 0.364. The zero-order valence-electron chi connectivity index (χ0n) is 8.83. The largest absolute Gasteiger partial charge is 0.495 e. The van der Waals surface area contributed by atoms with E-state index in [-0.39, 0.29) is 12.4 Å². The Morgan fingerprint density at radius 2 is 2.20 bits per heavy atom. The fraction of sp³-hybridized carbons (Fsp3) is 0.400. The Morgan fingerprint density at radius 1 is 1.53 bits per heavy atom.